The van der Waals surface area contributed by atoms with Crippen molar-refractivity contribution in [2.75, 3.05) is 18.7 Å². The van der Waals surface area contributed by atoms with Crippen LogP contribution in [0.2, 0.25) is 0 Å². The van der Waals surface area contributed by atoms with E-state index in [4.69, 9.17) is 14.7 Å². The number of hydrogen-bond donors (Lipinski definition) is 1. The Bertz CT molecular complexity index is 861. The van der Waals surface area contributed by atoms with Crippen LogP contribution in [-0.4, -0.2) is 31.3 Å². The van der Waals surface area contributed by atoms with E-state index in [0.717, 1.165) is 4.90 Å². The Morgan fingerprint density at radius 2 is 2.00 bits per heavy atom. The molecule has 0 radical (unpaired) electrons. The van der Waals surface area contributed by atoms with Gasteiger partial charge < -0.3 is 14.8 Å². The van der Waals surface area contributed by atoms with Gasteiger partial charge >= 0.3 is 5.97 Å². The zero-order chi connectivity index (χ0) is 19.1. The van der Waals surface area contributed by atoms with E-state index in [0.29, 0.717) is 17.0 Å². The van der Waals surface area contributed by atoms with Gasteiger partial charge in [0.15, 0.2) is 6.10 Å². The second-order valence-corrected chi connectivity index (χ2v) is 6.18. The molecule has 1 N–H and O–H groups in total. The number of anilines is 1. The standard InChI is InChI=1S/C19H18N2O4S/c1-12(18(22)21-14-6-4-5-13(9-14)11-20)25-19(23)16-8-7-15(26-3)10-17(16)24-2/h4-10,12H,1-3H3,(H,21,22). The SMILES string of the molecule is COc1cc(SC)ccc1C(=O)OC(C)C(=O)Nc1cccc(C#N)c1. The second kappa shape index (κ2) is 8.92. The molecule has 0 saturated carbocycles. The summed E-state index contributed by atoms with van der Waals surface area (Å²) >= 11 is 1.52. The number of rotatable bonds is 6. The molecule has 2 aromatic carbocycles. The van der Waals surface area contributed by atoms with E-state index in [9.17, 15) is 9.59 Å². The molecular weight excluding hydrogens is 352 g/mol. The molecule has 134 valence electrons. The van der Waals surface area contributed by atoms with E-state index in [-0.39, 0.29) is 5.56 Å². The summed E-state index contributed by atoms with van der Waals surface area (Å²) in [4.78, 5) is 25.5. The topological polar surface area (TPSA) is 88.4 Å². The fraction of sp³-hybridized carbons (Fsp3) is 0.211. The maximum absolute atomic E-state index is 12.4. The fourth-order valence-corrected chi connectivity index (χ4v) is 2.58. The number of nitrogens with zero attached hydrogens (tertiary/aromatic N) is 1. The number of hydrogen-bond acceptors (Lipinski definition) is 6. The molecule has 0 aliphatic heterocycles. The third kappa shape index (κ3) is 4.77. The summed E-state index contributed by atoms with van der Waals surface area (Å²) in [5.41, 5.74) is 1.13. The minimum Gasteiger partial charge on any atom is -0.496 e. The summed E-state index contributed by atoms with van der Waals surface area (Å²) in [5, 5.41) is 11.5. The largest absolute Gasteiger partial charge is 0.496 e. The summed E-state index contributed by atoms with van der Waals surface area (Å²) in [6, 6.07) is 13.6. The highest BCUT2D eigenvalue weighted by Crippen LogP contribution is 2.26. The average Bonchev–Trinajstić information content (AvgIpc) is 2.67. The van der Waals surface area contributed by atoms with Gasteiger partial charge in [0.1, 0.15) is 11.3 Å². The predicted octanol–water partition coefficient (Wildman–Crippen LogP) is 3.47. The smallest absolute Gasteiger partial charge is 0.342 e. The summed E-state index contributed by atoms with van der Waals surface area (Å²) in [5.74, 6) is -0.757. The molecule has 7 heteroatoms. The van der Waals surface area contributed by atoms with Crippen LogP contribution in [0.1, 0.15) is 22.8 Å². The number of amides is 1. The van der Waals surface area contributed by atoms with Gasteiger partial charge in [-0.1, -0.05) is 6.07 Å². The molecule has 1 amide bonds. The first-order chi connectivity index (χ1) is 12.5. The second-order valence-electron chi connectivity index (χ2n) is 5.30. The number of carbonyl (C=O) groups is 2. The molecule has 0 aromatic heterocycles. The number of nitrogens with one attached hydrogen (secondary N) is 1. The number of methoxy groups -OCH3 is 1. The molecule has 1 unspecified atom stereocenters. The zero-order valence-corrected chi connectivity index (χ0v) is 15.4. The first-order valence-corrected chi connectivity index (χ1v) is 8.95. The number of thioether (sulfide) groups is 1. The minimum atomic E-state index is -1.02. The van der Waals surface area contributed by atoms with Crippen LogP contribution in [0.5, 0.6) is 5.75 Å². The van der Waals surface area contributed by atoms with E-state index >= 15 is 0 Å². The molecular formula is C19H18N2O4S. The average molecular weight is 370 g/mol. The van der Waals surface area contributed by atoms with Crippen molar-refractivity contribution in [2.24, 2.45) is 0 Å². The van der Waals surface area contributed by atoms with E-state index in [1.54, 1.807) is 36.4 Å². The van der Waals surface area contributed by atoms with Crippen molar-refractivity contribution in [1.29, 1.82) is 5.26 Å². The van der Waals surface area contributed by atoms with Crippen LogP contribution in [0, 0.1) is 11.3 Å². The monoisotopic (exact) mass is 370 g/mol. The Kier molecular flexibility index (Phi) is 6.64. The predicted molar refractivity (Wildman–Crippen MR) is 99.4 cm³/mol. The maximum atomic E-state index is 12.4. The lowest BCUT2D eigenvalue weighted by Crippen LogP contribution is -2.30. The van der Waals surface area contributed by atoms with Crippen molar-refractivity contribution < 1.29 is 19.1 Å². The van der Waals surface area contributed by atoms with Gasteiger partial charge in [0.25, 0.3) is 5.91 Å². The molecule has 2 rings (SSSR count). The Morgan fingerprint density at radius 3 is 2.65 bits per heavy atom. The van der Waals surface area contributed by atoms with Crippen molar-refractivity contribution in [3.8, 4) is 11.8 Å². The molecule has 6 nitrogen and oxygen atoms in total. The quantitative estimate of drug-likeness (QED) is 0.619. The van der Waals surface area contributed by atoms with Gasteiger partial charge in [0, 0.05) is 10.6 Å². The third-order valence-corrected chi connectivity index (χ3v) is 4.27. The van der Waals surface area contributed by atoms with Crippen molar-refractivity contribution in [1.82, 2.24) is 0 Å². The van der Waals surface area contributed by atoms with Gasteiger partial charge in [-0.3, -0.25) is 4.79 Å². The Labute approximate surface area is 156 Å². The molecule has 0 spiro atoms. The fourth-order valence-electron chi connectivity index (χ4n) is 2.16. The van der Waals surface area contributed by atoms with Gasteiger partial charge in [-0.15, -0.1) is 11.8 Å². The molecule has 26 heavy (non-hydrogen) atoms. The highest BCUT2D eigenvalue weighted by atomic mass is 32.2. The van der Waals surface area contributed by atoms with Gasteiger partial charge in [0.2, 0.25) is 0 Å². The Balaban J connectivity index is 2.06. The summed E-state index contributed by atoms with van der Waals surface area (Å²) < 4.78 is 10.5. The molecule has 2 aromatic rings. The summed E-state index contributed by atoms with van der Waals surface area (Å²) in [6.07, 6.45) is 0.902. The number of nitriles is 1. The Morgan fingerprint density at radius 1 is 1.23 bits per heavy atom. The maximum Gasteiger partial charge on any atom is 0.342 e. The number of esters is 1. The van der Waals surface area contributed by atoms with Gasteiger partial charge in [-0.05, 0) is 49.6 Å². The number of carbonyl (C=O) groups excluding carboxylic acids is 2. The zero-order valence-electron chi connectivity index (χ0n) is 14.6. The third-order valence-electron chi connectivity index (χ3n) is 3.54. The van der Waals surface area contributed by atoms with Crippen LogP contribution in [0.3, 0.4) is 0 Å². The van der Waals surface area contributed by atoms with Gasteiger partial charge in [-0.25, -0.2) is 4.79 Å². The molecule has 0 heterocycles. The van der Waals surface area contributed by atoms with Gasteiger partial charge in [-0.2, -0.15) is 5.26 Å². The molecule has 0 aliphatic rings. The molecule has 0 fully saturated rings. The van der Waals surface area contributed by atoms with Crippen LogP contribution in [0.15, 0.2) is 47.4 Å². The van der Waals surface area contributed by atoms with E-state index < -0.39 is 18.0 Å². The Hall–Kier alpha value is -2.98. The normalized spacial score (nSPS) is 11.2. The highest BCUT2D eigenvalue weighted by molar-refractivity contribution is 7.98. The lowest BCUT2D eigenvalue weighted by Gasteiger charge is -2.15. The van der Waals surface area contributed by atoms with Crippen molar-refractivity contribution in [3.63, 3.8) is 0 Å². The molecule has 0 bridgehead atoms. The van der Waals surface area contributed by atoms with E-state index in [2.05, 4.69) is 5.32 Å². The first kappa shape index (κ1) is 19.3. The summed E-state index contributed by atoms with van der Waals surface area (Å²) in [7, 11) is 1.47. The van der Waals surface area contributed by atoms with Crippen LogP contribution in [0.25, 0.3) is 0 Å². The van der Waals surface area contributed by atoms with Crippen LogP contribution >= 0.6 is 11.8 Å². The van der Waals surface area contributed by atoms with Crippen molar-refractivity contribution >= 4 is 29.3 Å². The number of ether oxygens (including phenoxy) is 2. The van der Waals surface area contributed by atoms with Gasteiger partial charge in [0.05, 0.1) is 18.7 Å². The molecule has 0 saturated heterocycles. The van der Waals surface area contributed by atoms with Crippen LogP contribution in [0.4, 0.5) is 5.69 Å². The lowest BCUT2D eigenvalue weighted by molar-refractivity contribution is -0.123. The van der Waals surface area contributed by atoms with Crippen LogP contribution < -0.4 is 10.1 Å². The molecule has 0 aliphatic carbocycles. The summed E-state index contributed by atoms with van der Waals surface area (Å²) in [6.45, 7) is 1.48. The number of benzene rings is 2. The van der Waals surface area contributed by atoms with Crippen molar-refractivity contribution in [2.45, 2.75) is 17.9 Å². The van der Waals surface area contributed by atoms with E-state index in [1.807, 2.05) is 12.3 Å². The van der Waals surface area contributed by atoms with E-state index in [1.165, 1.54) is 31.9 Å². The molecule has 1 atom stereocenters. The van der Waals surface area contributed by atoms with Crippen molar-refractivity contribution in [3.05, 3.63) is 53.6 Å². The minimum absolute atomic E-state index is 0.247. The lowest BCUT2D eigenvalue weighted by atomic mass is 10.2. The first-order valence-electron chi connectivity index (χ1n) is 7.72. The van der Waals surface area contributed by atoms with Crippen LogP contribution in [-0.2, 0) is 9.53 Å². The highest BCUT2D eigenvalue weighted by Gasteiger charge is 2.21.